The van der Waals surface area contributed by atoms with Crippen LogP contribution >= 0.6 is 11.3 Å². The van der Waals surface area contributed by atoms with Crippen molar-refractivity contribution in [1.29, 1.82) is 0 Å². The Balaban J connectivity index is 2.03. The van der Waals surface area contributed by atoms with Crippen molar-refractivity contribution in [3.63, 3.8) is 0 Å². The Morgan fingerprint density at radius 3 is 2.47 bits per heavy atom. The molecule has 3 atom stereocenters. The van der Waals surface area contributed by atoms with Crippen molar-refractivity contribution in [3.8, 4) is 0 Å². The van der Waals surface area contributed by atoms with Crippen LogP contribution in [0.2, 0.25) is 0 Å². The van der Waals surface area contributed by atoms with Crippen molar-refractivity contribution in [1.82, 2.24) is 9.62 Å². The quantitative estimate of drug-likeness (QED) is 0.729. The van der Waals surface area contributed by atoms with Crippen LogP contribution < -0.4 is 5.32 Å². The lowest BCUT2D eigenvalue weighted by Gasteiger charge is -2.48. The van der Waals surface area contributed by atoms with E-state index in [1.54, 1.807) is 37.3 Å². The predicted octanol–water partition coefficient (Wildman–Crippen LogP) is 3.56. The molecule has 1 aromatic carbocycles. The monoisotopic (exact) mass is 450 g/mol. The zero-order valence-electron chi connectivity index (χ0n) is 17.8. The number of hydrogen-bond donors (Lipinski definition) is 2. The second kappa shape index (κ2) is 8.42. The SMILES string of the molecule is CC(C)(C)CC(=O)NC1C(c2cccs2)N(S(=O)(=O)c2ccccc2)CCC1(C)O. The number of nitrogens with one attached hydrogen (secondary N) is 1. The minimum absolute atomic E-state index is 0.165. The van der Waals surface area contributed by atoms with E-state index in [-0.39, 0.29) is 35.6 Å². The lowest BCUT2D eigenvalue weighted by molar-refractivity contribution is -0.128. The first-order valence-corrected chi connectivity index (χ1v) is 12.4. The average Bonchev–Trinajstić information content (AvgIpc) is 3.16. The third-order valence-electron chi connectivity index (χ3n) is 5.33. The molecule has 6 nitrogen and oxygen atoms in total. The normalized spacial score (nSPS) is 25.8. The van der Waals surface area contributed by atoms with Crippen LogP contribution in [0.1, 0.15) is 51.5 Å². The van der Waals surface area contributed by atoms with Crippen molar-refractivity contribution in [3.05, 3.63) is 52.7 Å². The first-order chi connectivity index (χ1) is 13.9. The third kappa shape index (κ3) is 4.94. The van der Waals surface area contributed by atoms with Gasteiger partial charge in [0, 0.05) is 17.8 Å². The Bertz CT molecular complexity index is 964. The van der Waals surface area contributed by atoms with E-state index >= 15 is 0 Å². The summed E-state index contributed by atoms with van der Waals surface area (Å²) in [4.78, 5) is 13.8. The van der Waals surface area contributed by atoms with Crippen molar-refractivity contribution in [2.45, 2.75) is 63.1 Å². The molecule has 0 spiro atoms. The molecule has 0 saturated carbocycles. The van der Waals surface area contributed by atoms with Crippen LogP contribution in [0.3, 0.4) is 0 Å². The van der Waals surface area contributed by atoms with E-state index in [0.717, 1.165) is 4.88 Å². The van der Waals surface area contributed by atoms with Gasteiger partial charge in [-0.25, -0.2) is 8.42 Å². The Hall–Kier alpha value is -1.74. The number of aliphatic hydroxyl groups is 1. The number of rotatable bonds is 5. The van der Waals surface area contributed by atoms with E-state index in [2.05, 4.69) is 5.32 Å². The molecule has 0 radical (unpaired) electrons. The summed E-state index contributed by atoms with van der Waals surface area (Å²) in [6.45, 7) is 7.73. The van der Waals surface area contributed by atoms with E-state index < -0.39 is 27.7 Å². The highest BCUT2D eigenvalue weighted by Gasteiger charge is 2.50. The minimum atomic E-state index is -3.81. The first kappa shape index (κ1) is 22.9. The molecule has 1 saturated heterocycles. The van der Waals surface area contributed by atoms with Gasteiger partial charge in [-0.3, -0.25) is 4.79 Å². The van der Waals surface area contributed by atoms with Crippen LogP contribution in [-0.2, 0) is 14.8 Å². The van der Waals surface area contributed by atoms with Crippen LogP contribution in [0.15, 0.2) is 52.7 Å². The van der Waals surface area contributed by atoms with Crippen LogP contribution in [0.5, 0.6) is 0 Å². The Morgan fingerprint density at radius 2 is 1.90 bits per heavy atom. The van der Waals surface area contributed by atoms with E-state index in [4.69, 9.17) is 0 Å². The summed E-state index contributed by atoms with van der Waals surface area (Å²) in [6.07, 6.45) is 0.504. The molecule has 2 N–H and O–H groups in total. The summed E-state index contributed by atoms with van der Waals surface area (Å²) in [5, 5.41) is 16.0. The van der Waals surface area contributed by atoms with Gasteiger partial charge in [0.2, 0.25) is 15.9 Å². The Kier molecular flexibility index (Phi) is 6.43. The molecule has 2 aromatic rings. The number of hydrogen-bond acceptors (Lipinski definition) is 5. The van der Waals surface area contributed by atoms with Crippen LogP contribution in [0, 0.1) is 5.41 Å². The summed E-state index contributed by atoms with van der Waals surface area (Å²) in [5.74, 6) is -0.201. The van der Waals surface area contributed by atoms with Crippen molar-refractivity contribution >= 4 is 27.3 Å². The standard InChI is InChI=1S/C22H30N2O4S2/c1-21(2,3)15-18(25)23-20-19(17-11-8-14-29-17)24(13-12-22(20,4)26)30(27,28)16-9-6-5-7-10-16/h5-11,14,19-20,26H,12-13,15H2,1-4H3,(H,23,25). The number of amides is 1. The molecule has 2 heterocycles. The van der Waals surface area contributed by atoms with Crippen molar-refractivity contribution in [2.24, 2.45) is 5.41 Å². The topological polar surface area (TPSA) is 86.7 Å². The van der Waals surface area contributed by atoms with Crippen LogP contribution in [-0.4, -0.2) is 41.9 Å². The Labute approximate surface area is 183 Å². The number of carbonyl (C=O) groups excluding carboxylic acids is 1. The summed E-state index contributed by atoms with van der Waals surface area (Å²) in [7, 11) is -3.81. The molecule has 1 fully saturated rings. The summed E-state index contributed by atoms with van der Waals surface area (Å²) >= 11 is 1.42. The van der Waals surface area contributed by atoms with Gasteiger partial charge in [-0.05, 0) is 42.3 Å². The summed E-state index contributed by atoms with van der Waals surface area (Å²) < 4.78 is 28.4. The molecular weight excluding hydrogens is 420 g/mol. The van der Waals surface area contributed by atoms with Gasteiger partial charge in [-0.2, -0.15) is 4.31 Å². The van der Waals surface area contributed by atoms with Gasteiger partial charge < -0.3 is 10.4 Å². The van der Waals surface area contributed by atoms with Gasteiger partial charge in [0.25, 0.3) is 0 Å². The molecule has 164 valence electrons. The number of sulfonamides is 1. The van der Waals surface area contributed by atoms with E-state index in [9.17, 15) is 18.3 Å². The van der Waals surface area contributed by atoms with Gasteiger partial charge in [0.05, 0.1) is 22.6 Å². The summed E-state index contributed by atoms with van der Waals surface area (Å²) in [5.41, 5.74) is -1.47. The lowest BCUT2D eigenvalue weighted by Crippen LogP contribution is -2.63. The summed E-state index contributed by atoms with van der Waals surface area (Å²) in [6, 6.07) is 10.5. The van der Waals surface area contributed by atoms with Crippen molar-refractivity contribution in [2.75, 3.05) is 6.54 Å². The fraction of sp³-hybridized carbons (Fsp3) is 0.500. The van der Waals surface area contributed by atoms with E-state index in [0.29, 0.717) is 0 Å². The maximum absolute atomic E-state index is 13.5. The van der Waals surface area contributed by atoms with Gasteiger partial charge in [0.15, 0.2) is 0 Å². The highest BCUT2D eigenvalue weighted by atomic mass is 32.2. The van der Waals surface area contributed by atoms with Gasteiger partial charge in [-0.15, -0.1) is 11.3 Å². The molecule has 1 aliphatic rings. The van der Waals surface area contributed by atoms with E-state index in [1.807, 2.05) is 38.3 Å². The molecule has 3 unspecified atom stereocenters. The molecule has 1 amide bonds. The third-order valence-corrected chi connectivity index (χ3v) is 8.16. The second-order valence-corrected chi connectivity index (χ2v) is 12.1. The first-order valence-electron chi connectivity index (χ1n) is 10.0. The zero-order chi connectivity index (χ0) is 22.2. The predicted molar refractivity (Wildman–Crippen MR) is 119 cm³/mol. The van der Waals surface area contributed by atoms with Gasteiger partial charge >= 0.3 is 0 Å². The Morgan fingerprint density at radius 1 is 1.23 bits per heavy atom. The van der Waals surface area contributed by atoms with Crippen molar-refractivity contribution < 1.29 is 18.3 Å². The number of nitrogens with zero attached hydrogens (tertiary/aromatic N) is 1. The van der Waals surface area contributed by atoms with Crippen LogP contribution in [0.25, 0.3) is 0 Å². The number of thiophene rings is 1. The molecule has 0 bridgehead atoms. The van der Waals surface area contributed by atoms with E-state index in [1.165, 1.54) is 15.6 Å². The number of benzene rings is 1. The molecule has 30 heavy (non-hydrogen) atoms. The zero-order valence-corrected chi connectivity index (χ0v) is 19.5. The number of carbonyl (C=O) groups is 1. The fourth-order valence-corrected chi connectivity index (χ4v) is 6.42. The molecule has 1 aliphatic heterocycles. The molecule has 3 rings (SSSR count). The highest BCUT2D eigenvalue weighted by molar-refractivity contribution is 7.89. The minimum Gasteiger partial charge on any atom is -0.388 e. The second-order valence-electron chi connectivity index (χ2n) is 9.28. The molecule has 8 heteroatoms. The maximum Gasteiger partial charge on any atom is 0.243 e. The van der Waals surface area contributed by atoms with Crippen LogP contribution in [0.4, 0.5) is 0 Å². The molecule has 1 aromatic heterocycles. The number of piperidine rings is 1. The fourth-order valence-electron chi connectivity index (χ4n) is 3.84. The lowest BCUT2D eigenvalue weighted by atomic mass is 9.82. The highest BCUT2D eigenvalue weighted by Crippen LogP contribution is 2.41. The average molecular weight is 451 g/mol. The van der Waals surface area contributed by atoms with Gasteiger partial charge in [-0.1, -0.05) is 45.0 Å². The van der Waals surface area contributed by atoms with Gasteiger partial charge in [0.1, 0.15) is 0 Å². The smallest absolute Gasteiger partial charge is 0.243 e. The molecular formula is C22H30N2O4S2. The molecule has 0 aliphatic carbocycles. The largest absolute Gasteiger partial charge is 0.388 e. The maximum atomic E-state index is 13.5.